The average Bonchev–Trinajstić information content (AvgIpc) is 3.48. The van der Waals surface area contributed by atoms with Crippen LogP contribution in [-0.2, 0) is 17.9 Å². The van der Waals surface area contributed by atoms with Gasteiger partial charge in [-0.2, -0.15) is 0 Å². The normalized spacial score (nSPS) is 16.1. The highest BCUT2D eigenvalue weighted by Gasteiger charge is 2.23. The first-order chi connectivity index (χ1) is 15.6. The first kappa shape index (κ1) is 26.8. The van der Waals surface area contributed by atoms with E-state index in [2.05, 4.69) is 25.8 Å². The Kier molecular flexibility index (Phi) is 11.3. The van der Waals surface area contributed by atoms with Gasteiger partial charge in [-0.1, -0.05) is 0 Å². The van der Waals surface area contributed by atoms with Crippen molar-refractivity contribution in [2.24, 2.45) is 4.99 Å². The molecule has 0 saturated carbocycles. The Balaban J connectivity index is 0.00000385. The van der Waals surface area contributed by atoms with Crippen molar-refractivity contribution < 1.29 is 18.7 Å². The van der Waals surface area contributed by atoms with Gasteiger partial charge >= 0.3 is 0 Å². The molecular weight excluding hydrogens is 537 g/mol. The van der Waals surface area contributed by atoms with E-state index in [1.54, 1.807) is 26.5 Å². The van der Waals surface area contributed by atoms with Gasteiger partial charge in [-0.25, -0.2) is 4.99 Å². The van der Waals surface area contributed by atoms with Gasteiger partial charge < -0.3 is 29.8 Å². The number of aliphatic imine (C=N–C) groups is 1. The number of methoxy groups -OCH3 is 2. The maximum atomic E-state index is 12.1. The zero-order chi connectivity index (χ0) is 22.8. The Morgan fingerprint density at radius 2 is 1.97 bits per heavy atom. The summed E-state index contributed by atoms with van der Waals surface area (Å²) < 4.78 is 16.0. The van der Waals surface area contributed by atoms with E-state index in [9.17, 15) is 4.79 Å². The molecule has 1 aromatic carbocycles. The number of carbonyl (C=O) groups excluding carboxylic acids is 1. The molecular formula is C23H34IN5O4. The number of nitrogens with one attached hydrogen (secondary N) is 3. The van der Waals surface area contributed by atoms with E-state index >= 15 is 0 Å². The van der Waals surface area contributed by atoms with Crippen LogP contribution in [0.1, 0.15) is 24.7 Å². The summed E-state index contributed by atoms with van der Waals surface area (Å²) in [6.07, 6.45) is 2.58. The molecule has 0 spiro atoms. The lowest BCUT2D eigenvalue weighted by atomic mass is 10.2. The first-order valence-corrected chi connectivity index (χ1v) is 10.9. The number of hydrogen-bond donors (Lipinski definition) is 3. The van der Waals surface area contributed by atoms with Crippen LogP contribution in [0.5, 0.6) is 11.5 Å². The fraction of sp³-hybridized carbons (Fsp3) is 0.478. The van der Waals surface area contributed by atoms with Crippen molar-refractivity contribution in [3.8, 4) is 11.5 Å². The van der Waals surface area contributed by atoms with Crippen LogP contribution < -0.4 is 25.4 Å². The molecule has 1 saturated heterocycles. The Bertz CT molecular complexity index is 869. The number of benzene rings is 1. The average molecular weight is 571 g/mol. The Hall–Kier alpha value is -2.47. The predicted molar refractivity (Wildman–Crippen MR) is 138 cm³/mol. The van der Waals surface area contributed by atoms with E-state index in [4.69, 9.17) is 13.9 Å². The topological polar surface area (TPSA) is 100 Å². The summed E-state index contributed by atoms with van der Waals surface area (Å²) in [4.78, 5) is 18.9. The summed E-state index contributed by atoms with van der Waals surface area (Å²) in [5, 5.41) is 9.48. The minimum atomic E-state index is -0.154. The van der Waals surface area contributed by atoms with Gasteiger partial charge in [0.05, 0.1) is 27.0 Å². The molecule has 10 heteroatoms. The van der Waals surface area contributed by atoms with Crippen LogP contribution in [-0.4, -0.2) is 63.2 Å². The van der Waals surface area contributed by atoms with Crippen molar-refractivity contribution in [3.05, 3.63) is 47.9 Å². The van der Waals surface area contributed by atoms with Gasteiger partial charge in [-0.15, -0.1) is 24.0 Å². The summed E-state index contributed by atoms with van der Waals surface area (Å²) in [5.74, 6) is 2.79. The van der Waals surface area contributed by atoms with Gasteiger partial charge in [0.15, 0.2) is 5.96 Å². The van der Waals surface area contributed by atoms with E-state index in [0.717, 1.165) is 49.7 Å². The zero-order valence-electron chi connectivity index (χ0n) is 19.4. The highest BCUT2D eigenvalue weighted by molar-refractivity contribution is 14.0. The minimum absolute atomic E-state index is 0. The van der Waals surface area contributed by atoms with Gasteiger partial charge in [0.2, 0.25) is 5.91 Å². The first-order valence-electron chi connectivity index (χ1n) is 10.9. The van der Waals surface area contributed by atoms with Crippen LogP contribution in [0.4, 0.5) is 0 Å². The number of carbonyl (C=O) groups is 1. The summed E-state index contributed by atoms with van der Waals surface area (Å²) in [6.45, 7) is 5.81. The molecule has 2 heterocycles. The van der Waals surface area contributed by atoms with Gasteiger partial charge in [0, 0.05) is 38.3 Å². The third kappa shape index (κ3) is 8.77. The molecule has 0 bridgehead atoms. The summed E-state index contributed by atoms with van der Waals surface area (Å²) in [5.41, 5.74) is 1.15. The van der Waals surface area contributed by atoms with Crippen molar-refractivity contribution in [2.45, 2.75) is 32.5 Å². The molecule has 1 atom stereocenters. The Morgan fingerprint density at radius 3 is 2.61 bits per heavy atom. The molecule has 1 aliphatic heterocycles. The van der Waals surface area contributed by atoms with Crippen LogP contribution in [0.2, 0.25) is 0 Å². The van der Waals surface area contributed by atoms with Crippen molar-refractivity contribution in [2.75, 3.05) is 40.4 Å². The van der Waals surface area contributed by atoms with Crippen molar-refractivity contribution in [3.63, 3.8) is 0 Å². The maximum Gasteiger partial charge on any atom is 0.242 e. The van der Waals surface area contributed by atoms with E-state index in [-0.39, 0.29) is 42.5 Å². The molecule has 9 nitrogen and oxygen atoms in total. The summed E-state index contributed by atoms with van der Waals surface area (Å²) in [7, 11) is 3.32. The fourth-order valence-electron chi connectivity index (χ4n) is 3.63. The molecule has 182 valence electrons. The highest BCUT2D eigenvalue weighted by atomic mass is 127. The number of rotatable bonds is 10. The molecule has 1 aliphatic rings. The van der Waals surface area contributed by atoms with E-state index in [1.165, 1.54) is 0 Å². The van der Waals surface area contributed by atoms with Crippen molar-refractivity contribution in [1.82, 2.24) is 20.9 Å². The van der Waals surface area contributed by atoms with Crippen LogP contribution >= 0.6 is 24.0 Å². The molecule has 1 unspecified atom stereocenters. The monoisotopic (exact) mass is 571 g/mol. The molecule has 0 aliphatic carbocycles. The fourth-order valence-corrected chi connectivity index (χ4v) is 3.63. The van der Waals surface area contributed by atoms with Crippen LogP contribution in [0.15, 0.2) is 46.0 Å². The number of amides is 1. The number of hydrogen-bond acceptors (Lipinski definition) is 6. The second-order valence-corrected chi connectivity index (χ2v) is 7.64. The third-order valence-corrected chi connectivity index (χ3v) is 5.20. The third-order valence-electron chi connectivity index (χ3n) is 5.20. The highest BCUT2D eigenvalue weighted by Crippen LogP contribution is 2.24. The zero-order valence-corrected chi connectivity index (χ0v) is 21.8. The van der Waals surface area contributed by atoms with Crippen LogP contribution in [0, 0.1) is 0 Å². The van der Waals surface area contributed by atoms with Gasteiger partial charge in [-0.3, -0.25) is 9.69 Å². The smallest absolute Gasteiger partial charge is 0.242 e. The number of likely N-dealkylation sites (tertiary alicyclic amines) is 1. The number of halogens is 1. The Labute approximate surface area is 212 Å². The second kappa shape index (κ2) is 13.9. The van der Waals surface area contributed by atoms with Gasteiger partial charge in [-0.05, 0) is 43.2 Å². The van der Waals surface area contributed by atoms with Crippen molar-refractivity contribution in [1.29, 1.82) is 0 Å². The predicted octanol–water partition coefficient (Wildman–Crippen LogP) is 2.36. The largest absolute Gasteiger partial charge is 0.497 e. The molecule has 1 amide bonds. The molecule has 1 aromatic heterocycles. The van der Waals surface area contributed by atoms with E-state index in [1.807, 2.05) is 31.2 Å². The number of nitrogens with zero attached hydrogens (tertiary/aromatic N) is 2. The lowest BCUT2D eigenvalue weighted by Crippen LogP contribution is -2.45. The van der Waals surface area contributed by atoms with Crippen LogP contribution in [0.25, 0.3) is 0 Å². The number of guanidine groups is 1. The maximum absolute atomic E-state index is 12.1. The molecule has 33 heavy (non-hydrogen) atoms. The Morgan fingerprint density at radius 1 is 1.21 bits per heavy atom. The van der Waals surface area contributed by atoms with Gasteiger partial charge in [0.1, 0.15) is 23.8 Å². The lowest BCUT2D eigenvalue weighted by molar-refractivity contribution is -0.119. The molecule has 3 N–H and O–H groups in total. The molecule has 3 rings (SSSR count). The standard InChI is InChI=1S/C23H33N5O4.HI/c1-4-24-23(26-14-22(29)25-13-19-6-5-9-32-19)27-18-7-8-28(16-18)15-17-10-20(30-2)12-21(11-17)31-3;/h5-6,9-12,18H,4,7-8,13-16H2,1-3H3,(H,25,29)(H2,24,26,27);1H. The minimum Gasteiger partial charge on any atom is -0.497 e. The second-order valence-electron chi connectivity index (χ2n) is 7.64. The number of furan rings is 1. The summed E-state index contributed by atoms with van der Waals surface area (Å²) >= 11 is 0. The quantitative estimate of drug-likeness (QED) is 0.229. The van der Waals surface area contributed by atoms with E-state index in [0.29, 0.717) is 18.3 Å². The summed E-state index contributed by atoms with van der Waals surface area (Å²) in [6, 6.07) is 9.82. The van der Waals surface area contributed by atoms with Crippen molar-refractivity contribution >= 4 is 35.8 Å². The molecule has 1 fully saturated rings. The van der Waals surface area contributed by atoms with E-state index < -0.39 is 0 Å². The molecule has 2 aromatic rings. The number of ether oxygens (including phenoxy) is 2. The molecule has 0 radical (unpaired) electrons. The van der Waals surface area contributed by atoms with Gasteiger partial charge in [0.25, 0.3) is 0 Å². The van der Waals surface area contributed by atoms with Crippen LogP contribution in [0.3, 0.4) is 0 Å². The SMILES string of the molecule is CCNC(=NCC(=O)NCc1ccco1)NC1CCN(Cc2cc(OC)cc(OC)c2)C1.I. The lowest BCUT2D eigenvalue weighted by Gasteiger charge is -2.19.